The third-order valence-corrected chi connectivity index (χ3v) is 5.74. The molecule has 3 N–H and O–H groups in total. The first-order chi connectivity index (χ1) is 12.7. The topological polar surface area (TPSA) is 45.6 Å². The Balaban J connectivity index is 1.33. The van der Waals surface area contributed by atoms with Gasteiger partial charge in [0.05, 0.1) is 12.1 Å². The number of rotatable bonds is 4. The van der Waals surface area contributed by atoms with Gasteiger partial charge in [0.2, 0.25) is 0 Å². The van der Waals surface area contributed by atoms with E-state index in [4.69, 9.17) is 0 Å². The first kappa shape index (κ1) is 17.0. The van der Waals surface area contributed by atoms with Crippen LogP contribution in [0.1, 0.15) is 31.2 Å². The zero-order valence-electron chi connectivity index (χ0n) is 14.7. The van der Waals surface area contributed by atoms with Gasteiger partial charge < -0.3 is 15.5 Å². The van der Waals surface area contributed by atoms with Gasteiger partial charge in [-0.05, 0) is 24.3 Å². The smallest absolute Gasteiger partial charge is 0.319 e. The van der Waals surface area contributed by atoms with Crippen LogP contribution in [0, 0.1) is 5.82 Å². The highest BCUT2D eigenvalue weighted by Gasteiger charge is 2.44. The van der Waals surface area contributed by atoms with Crippen molar-refractivity contribution in [3.05, 3.63) is 66.0 Å². The predicted octanol–water partition coefficient (Wildman–Crippen LogP) is 2.73. The first-order valence-electron chi connectivity index (χ1n) is 9.40. The summed E-state index contributed by atoms with van der Waals surface area (Å²) in [6.45, 7) is 0.943. The van der Waals surface area contributed by atoms with E-state index in [1.165, 1.54) is 18.4 Å². The van der Waals surface area contributed by atoms with Crippen LogP contribution in [0.3, 0.4) is 0 Å². The Labute approximate surface area is 153 Å². The molecule has 2 aromatic rings. The molecule has 0 saturated carbocycles. The lowest BCUT2D eigenvalue weighted by atomic mass is 9.96. The van der Waals surface area contributed by atoms with Crippen molar-refractivity contribution >= 4 is 11.7 Å². The van der Waals surface area contributed by atoms with Gasteiger partial charge in [-0.1, -0.05) is 30.3 Å². The van der Waals surface area contributed by atoms with Crippen molar-refractivity contribution in [3.63, 3.8) is 0 Å². The van der Waals surface area contributed by atoms with Gasteiger partial charge in [-0.25, -0.2) is 9.18 Å². The highest BCUT2D eigenvalue weighted by molar-refractivity contribution is 5.89. The monoisotopic (exact) mass is 354 g/mol. The van der Waals surface area contributed by atoms with Crippen LogP contribution in [0.5, 0.6) is 0 Å². The third kappa shape index (κ3) is 3.88. The molecule has 2 bridgehead atoms. The number of hydrogen-bond donors (Lipinski definition) is 3. The molecule has 0 unspecified atom stereocenters. The number of carbonyl (C=O) groups excluding carboxylic acids is 1. The number of fused-ring (bicyclic) bond motifs is 2. The molecule has 2 atom stereocenters. The minimum atomic E-state index is -0.181. The largest absolute Gasteiger partial charge is 0.335 e. The van der Waals surface area contributed by atoms with Crippen LogP contribution in [0.2, 0.25) is 0 Å². The lowest BCUT2D eigenvalue weighted by molar-refractivity contribution is -0.954. The summed E-state index contributed by atoms with van der Waals surface area (Å²) < 4.78 is 13.1. The number of hydrogen-bond acceptors (Lipinski definition) is 1. The molecule has 4 rings (SSSR count). The summed E-state index contributed by atoms with van der Waals surface area (Å²) in [5, 5.41) is 6.05. The van der Waals surface area contributed by atoms with Crippen molar-refractivity contribution in [2.45, 2.75) is 50.4 Å². The van der Waals surface area contributed by atoms with Crippen LogP contribution < -0.4 is 15.5 Å². The number of benzene rings is 2. The zero-order valence-corrected chi connectivity index (χ0v) is 14.7. The normalized spacial score (nSPS) is 27.1. The number of nitrogens with one attached hydrogen (secondary N) is 3. The van der Waals surface area contributed by atoms with Crippen LogP contribution in [-0.2, 0) is 6.54 Å². The minimum absolute atomic E-state index is 0.123. The van der Waals surface area contributed by atoms with Gasteiger partial charge in [-0.3, -0.25) is 0 Å². The van der Waals surface area contributed by atoms with Crippen LogP contribution >= 0.6 is 0 Å². The van der Waals surface area contributed by atoms with Gasteiger partial charge in [0.15, 0.2) is 0 Å². The molecule has 4 nitrogen and oxygen atoms in total. The van der Waals surface area contributed by atoms with Gasteiger partial charge in [-0.2, -0.15) is 0 Å². The molecule has 2 amide bonds. The number of halogens is 1. The summed E-state index contributed by atoms with van der Waals surface area (Å²) in [6, 6.07) is 17.6. The number of piperidine rings is 1. The molecule has 2 saturated heterocycles. The Morgan fingerprint density at radius 1 is 1.00 bits per heavy atom. The quantitative estimate of drug-likeness (QED) is 0.777. The molecule has 0 radical (unpaired) electrons. The second-order valence-electron chi connectivity index (χ2n) is 7.48. The fourth-order valence-corrected chi connectivity index (χ4v) is 4.55. The fourth-order valence-electron chi connectivity index (χ4n) is 4.55. The molecular formula is C21H25FN3O+. The van der Waals surface area contributed by atoms with E-state index in [0.717, 1.165) is 25.1 Å². The average Bonchev–Trinajstić information content (AvgIpc) is 2.86. The van der Waals surface area contributed by atoms with Crippen molar-refractivity contribution in [2.75, 3.05) is 5.32 Å². The summed E-state index contributed by atoms with van der Waals surface area (Å²) in [5.74, 6) is -0.181. The number of para-hydroxylation sites is 1. The molecular weight excluding hydrogens is 329 g/mol. The molecule has 5 heteroatoms. The Morgan fingerprint density at radius 2 is 1.65 bits per heavy atom. The van der Waals surface area contributed by atoms with Gasteiger partial charge in [0.25, 0.3) is 0 Å². The molecule has 136 valence electrons. The molecule has 2 aliphatic heterocycles. The third-order valence-electron chi connectivity index (χ3n) is 5.74. The van der Waals surface area contributed by atoms with E-state index < -0.39 is 0 Å². The minimum Gasteiger partial charge on any atom is -0.335 e. The van der Waals surface area contributed by atoms with Gasteiger partial charge >= 0.3 is 6.03 Å². The molecule has 0 aromatic heterocycles. The lowest BCUT2D eigenvalue weighted by Crippen LogP contribution is -3.17. The Bertz CT molecular complexity index is 736. The first-order valence-corrected chi connectivity index (χ1v) is 9.40. The van der Waals surface area contributed by atoms with E-state index in [9.17, 15) is 9.18 Å². The summed E-state index contributed by atoms with van der Waals surface area (Å²) >= 11 is 0. The number of amides is 2. The zero-order chi connectivity index (χ0) is 17.9. The number of urea groups is 1. The number of anilines is 1. The predicted molar refractivity (Wildman–Crippen MR) is 99.5 cm³/mol. The second-order valence-corrected chi connectivity index (χ2v) is 7.48. The molecule has 2 aliphatic rings. The molecule has 0 aliphatic carbocycles. The van der Waals surface area contributed by atoms with E-state index in [1.807, 2.05) is 42.5 Å². The van der Waals surface area contributed by atoms with Crippen LogP contribution in [-0.4, -0.2) is 24.2 Å². The maximum Gasteiger partial charge on any atom is 0.319 e. The SMILES string of the molecule is O=C(Nc1ccccc1)NC1C[C@H]2CC[C@H](C1)[NH+]2Cc1ccc(F)cc1. The maximum atomic E-state index is 13.1. The van der Waals surface area contributed by atoms with Crippen LogP contribution in [0.15, 0.2) is 54.6 Å². The summed E-state index contributed by atoms with van der Waals surface area (Å²) in [5.41, 5.74) is 2.00. The molecule has 2 heterocycles. The number of carbonyl (C=O) groups is 1. The van der Waals surface area contributed by atoms with Gasteiger partial charge in [-0.15, -0.1) is 0 Å². The summed E-state index contributed by atoms with van der Waals surface area (Å²) in [6.07, 6.45) is 4.43. The van der Waals surface area contributed by atoms with Crippen molar-refractivity contribution < 1.29 is 14.1 Å². The Hall–Kier alpha value is -2.40. The van der Waals surface area contributed by atoms with Crippen molar-refractivity contribution in [1.29, 1.82) is 0 Å². The van der Waals surface area contributed by atoms with Gasteiger partial charge in [0, 0.05) is 43.0 Å². The standard InChI is InChI=1S/C21H24FN3O/c22-16-8-6-15(7-9-16)14-25-19-10-11-20(25)13-18(12-19)24-21(26)23-17-4-2-1-3-5-17/h1-9,18-20H,10-14H2,(H2,23,24,26)/p+1/t19-,20-/m1/s1. The van der Waals surface area contributed by atoms with Crippen molar-refractivity contribution in [3.8, 4) is 0 Å². The summed E-state index contributed by atoms with van der Waals surface area (Å²) in [7, 11) is 0. The molecule has 26 heavy (non-hydrogen) atoms. The van der Waals surface area contributed by atoms with Crippen LogP contribution in [0.25, 0.3) is 0 Å². The fraction of sp³-hybridized carbons (Fsp3) is 0.381. The van der Waals surface area contributed by atoms with Crippen LogP contribution in [0.4, 0.5) is 14.9 Å². The second kappa shape index (κ2) is 7.46. The van der Waals surface area contributed by atoms with E-state index >= 15 is 0 Å². The highest BCUT2D eigenvalue weighted by atomic mass is 19.1. The van der Waals surface area contributed by atoms with E-state index in [-0.39, 0.29) is 17.9 Å². The molecule has 0 spiro atoms. The average molecular weight is 354 g/mol. The highest BCUT2D eigenvalue weighted by Crippen LogP contribution is 2.23. The van der Waals surface area contributed by atoms with Crippen molar-refractivity contribution in [1.82, 2.24) is 5.32 Å². The van der Waals surface area contributed by atoms with E-state index in [2.05, 4.69) is 10.6 Å². The lowest BCUT2D eigenvalue weighted by Gasteiger charge is -2.36. The van der Waals surface area contributed by atoms with E-state index in [1.54, 1.807) is 17.0 Å². The maximum absolute atomic E-state index is 13.1. The van der Waals surface area contributed by atoms with Crippen molar-refractivity contribution in [2.24, 2.45) is 0 Å². The number of quaternary nitrogens is 1. The Kier molecular flexibility index (Phi) is 4.89. The molecule has 2 fully saturated rings. The Morgan fingerprint density at radius 3 is 2.31 bits per heavy atom. The summed E-state index contributed by atoms with van der Waals surface area (Å²) in [4.78, 5) is 13.8. The molecule has 2 aromatic carbocycles. The van der Waals surface area contributed by atoms with Gasteiger partial charge in [0.1, 0.15) is 12.4 Å². The van der Waals surface area contributed by atoms with E-state index in [0.29, 0.717) is 12.1 Å².